The predicted molar refractivity (Wildman–Crippen MR) is 111 cm³/mol. The molecule has 0 fully saturated rings. The van der Waals surface area contributed by atoms with Crippen molar-refractivity contribution in [3.63, 3.8) is 0 Å². The van der Waals surface area contributed by atoms with E-state index in [1.165, 1.54) is 0 Å². The molecule has 5 nitrogen and oxygen atoms in total. The molecule has 1 unspecified atom stereocenters. The van der Waals surface area contributed by atoms with Gasteiger partial charge in [0.1, 0.15) is 6.04 Å². The van der Waals surface area contributed by atoms with Gasteiger partial charge in [-0.25, -0.2) is 0 Å². The molecule has 5 heteroatoms. The van der Waals surface area contributed by atoms with Crippen LogP contribution in [0.15, 0.2) is 54.7 Å². The van der Waals surface area contributed by atoms with Crippen molar-refractivity contribution in [2.75, 3.05) is 5.32 Å². The van der Waals surface area contributed by atoms with Gasteiger partial charge in [-0.1, -0.05) is 38.1 Å². The third kappa shape index (κ3) is 3.17. The van der Waals surface area contributed by atoms with Gasteiger partial charge in [0, 0.05) is 36.3 Å². The maximum absolute atomic E-state index is 13.3. The van der Waals surface area contributed by atoms with E-state index in [0.717, 1.165) is 22.2 Å². The molecule has 1 atom stereocenters. The van der Waals surface area contributed by atoms with Gasteiger partial charge < -0.3 is 14.8 Å². The number of aryl methyl sites for hydroxylation is 1. The Balaban J connectivity index is 1.63. The van der Waals surface area contributed by atoms with Crippen LogP contribution in [-0.2, 0) is 18.4 Å². The summed E-state index contributed by atoms with van der Waals surface area (Å²) in [6, 6.07) is 15.0. The highest BCUT2D eigenvalue weighted by molar-refractivity contribution is 6.06. The maximum Gasteiger partial charge on any atom is 0.255 e. The maximum atomic E-state index is 13.3. The van der Waals surface area contributed by atoms with E-state index in [2.05, 4.69) is 19.2 Å². The number of carbonyl (C=O) groups excluding carboxylic acids is 2. The largest absolute Gasteiger partial charge is 0.350 e. The quantitative estimate of drug-likeness (QED) is 0.727. The molecule has 3 aromatic rings. The Morgan fingerprint density at radius 2 is 1.89 bits per heavy atom. The fraction of sp³-hybridized carbons (Fsp3) is 0.304. The minimum Gasteiger partial charge on any atom is -0.350 e. The zero-order chi connectivity index (χ0) is 19.8. The first-order chi connectivity index (χ1) is 13.5. The first kappa shape index (κ1) is 18.3. The molecule has 144 valence electrons. The second-order valence-corrected chi connectivity index (χ2v) is 7.89. The average molecular weight is 375 g/mol. The van der Waals surface area contributed by atoms with E-state index < -0.39 is 6.04 Å². The number of anilines is 1. The highest BCUT2D eigenvalue weighted by Gasteiger charge is 2.36. The fourth-order valence-corrected chi connectivity index (χ4v) is 3.98. The Bertz CT molecular complexity index is 1050. The lowest BCUT2D eigenvalue weighted by Gasteiger charge is -2.28. The summed E-state index contributed by atoms with van der Waals surface area (Å²) in [5.74, 6) is 0.0975. The van der Waals surface area contributed by atoms with Gasteiger partial charge in [-0.05, 0) is 42.2 Å². The van der Waals surface area contributed by atoms with Gasteiger partial charge in [0.05, 0.1) is 5.69 Å². The van der Waals surface area contributed by atoms with Crippen molar-refractivity contribution in [3.8, 4) is 0 Å². The topological polar surface area (TPSA) is 54.3 Å². The minimum absolute atomic E-state index is 0.0608. The van der Waals surface area contributed by atoms with Crippen molar-refractivity contribution in [2.45, 2.75) is 32.9 Å². The summed E-state index contributed by atoms with van der Waals surface area (Å²) in [5, 5.41) is 4.08. The summed E-state index contributed by atoms with van der Waals surface area (Å²) < 4.78 is 2.03. The Kier molecular flexibility index (Phi) is 4.67. The molecular weight excluding hydrogens is 350 g/mol. The second kappa shape index (κ2) is 7.15. The molecule has 2 aromatic carbocycles. The van der Waals surface area contributed by atoms with Crippen LogP contribution in [0.25, 0.3) is 10.9 Å². The Morgan fingerprint density at radius 3 is 2.64 bits per heavy atom. The molecule has 0 aliphatic carbocycles. The molecule has 0 spiro atoms. The van der Waals surface area contributed by atoms with Gasteiger partial charge >= 0.3 is 0 Å². The number of aromatic nitrogens is 1. The van der Waals surface area contributed by atoms with Gasteiger partial charge in [-0.2, -0.15) is 0 Å². The van der Waals surface area contributed by atoms with E-state index in [1.807, 2.05) is 66.3 Å². The number of amides is 2. The number of carbonyl (C=O) groups is 2. The first-order valence-electron chi connectivity index (χ1n) is 9.69. The molecule has 0 bridgehead atoms. The molecule has 28 heavy (non-hydrogen) atoms. The lowest BCUT2D eigenvalue weighted by molar-refractivity contribution is -0.121. The van der Waals surface area contributed by atoms with Gasteiger partial charge in [-0.3, -0.25) is 9.59 Å². The van der Waals surface area contributed by atoms with Crippen molar-refractivity contribution >= 4 is 28.4 Å². The summed E-state index contributed by atoms with van der Waals surface area (Å²) in [6.45, 7) is 4.63. The van der Waals surface area contributed by atoms with Crippen LogP contribution in [-0.4, -0.2) is 27.3 Å². The van der Waals surface area contributed by atoms with Gasteiger partial charge in [-0.15, -0.1) is 0 Å². The highest BCUT2D eigenvalue weighted by Crippen LogP contribution is 2.29. The molecule has 1 aromatic heterocycles. The standard InChI is InChI=1S/C23H25N3O2/c1-15(2)13-21(26-14-16-7-4-5-8-17(16)23(26)28)22(27)24-19-9-6-10-20-18(19)11-12-25(20)3/h4-12,15,21H,13-14H2,1-3H3,(H,24,27). The lowest BCUT2D eigenvalue weighted by Crippen LogP contribution is -2.45. The van der Waals surface area contributed by atoms with Gasteiger partial charge in [0.25, 0.3) is 5.91 Å². The zero-order valence-corrected chi connectivity index (χ0v) is 16.5. The molecule has 2 amide bonds. The van der Waals surface area contributed by atoms with E-state index in [4.69, 9.17) is 0 Å². The number of hydrogen-bond donors (Lipinski definition) is 1. The van der Waals surface area contributed by atoms with Crippen LogP contribution in [0.2, 0.25) is 0 Å². The van der Waals surface area contributed by atoms with E-state index in [-0.39, 0.29) is 11.8 Å². The molecule has 1 N–H and O–H groups in total. The summed E-state index contributed by atoms with van der Waals surface area (Å²) in [6.07, 6.45) is 2.60. The summed E-state index contributed by atoms with van der Waals surface area (Å²) in [5.41, 5.74) is 3.53. The first-order valence-corrected chi connectivity index (χ1v) is 9.69. The normalized spacial score (nSPS) is 14.6. The third-order valence-electron chi connectivity index (χ3n) is 5.41. The molecule has 4 rings (SSSR count). The van der Waals surface area contributed by atoms with Crippen molar-refractivity contribution in [2.24, 2.45) is 13.0 Å². The van der Waals surface area contributed by atoms with E-state index in [0.29, 0.717) is 24.4 Å². The Labute approximate surface area is 165 Å². The van der Waals surface area contributed by atoms with Crippen molar-refractivity contribution in [3.05, 3.63) is 65.9 Å². The molecule has 0 radical (unpaired) electrons. The molecule has 2 heterocycles. The minimum atomic E-state index is -0.501. The van der Waals surface area contributed by atoms with Crippen LogP contribution in [0.3, 0.4) is 0 Å². The summed E-state index contributed by atoms with van der Waals surface area (Å²) >= 11 is 0. The molecule has 1 aliphatic rings. The third-order valence-corrected chi connectivity index (χ3v) is 5.41. The Hall–Kier alpha value is -3.08. The number of rotatable bonds is 5. The molecule has 0 saturated carbocycles. The number of benzene rings is 2. The number of nitrogens with zero attached hydrogens (tertiary/aromatic N) is 2. The lowest BCUT2D eigenvalue weighted by atomic mass is 10.0. The average Bonchev–Trinajstić information content (AvgIpc) is 3.21. The Morgan fingerprint density at radius 1 is 1.11 bits per heavy atom. The monoisotopic (exact) mass is 375 g/mol. The highest BCUT2D eigenvalue weighted by atomic mass is 16.2. The molecular formula is C23H25N3O2. The van der Waals surface area contributed by atoms with E-state index in [1.54, 1.807) is 4.90 Å². The summed E-state index contributed by atoms with van der Waals surface area (Å²) in [4.78, 5) is 27.9. The van der Waals surface area contributed by atoms with Crippen LogP contribution < -0.4 is 5.32 Å². The second-order valence-electron chi connectivity index (χ2n) is 7.89. The van der Waals surface area contributed by atoms with Crippen LogP contribution in [0.1, 0.15) is 36.2 Å². The number of hydrogen-bond acceptors (Lipinski definition) is 2. The fourth-order valence-electron chi connectivity index (χ4n) is 3.98. The van der Waals surface area contributed by atoms with Crippen LogP contribution >= 0.6 is 0 Å². The molecule has 1 aliphatic heterocycles. The van der Waals surface area contributed by atoms with Gasteiger partial charge in [0.15, 0.2) is 0 Å². The van der Waals surface area contributed by atoms with Crippen LogP contribution in [0.5, 0.6) is 0 Å². The van der Waals surface area contributed by atoms with Crippen molar-refractivity contribution in [1.82, 2.24) is 9.47 Å². The number of nitrogens with one attached hydrogen (secondary N) is 1. The van der Waals surface area contributed by atoms with Crippen LogP contribution in [0, 0.1) is 5.92 Å². The van der Waals surface area contributed by atoms with Gasteiger partial charge in [0.2, 0.25) is 5.91 Å². The van der Waals surface area contributed by atoms with E-state index in [9.17, 15) is 9.59 Å². The van der Waals surface area contributed by atoms with Crippen molar-refractivity contribution < 1.29 is 9.59 Å². The van der Waals surface area contributed by atoms with Crippen molar-refractivity contribution in [1.29, 1.82) is 0 Å². The predicted octanol–water partition coefficient (Wildman–Crippen LogP) is 4.19. The SMILES string of the molecule is CC(C)CC(C(=O)Nc1cccc2c1ccn2C)N1Cc2ccccc2C1=O. The summed E-state index contributed by atoms with van der Waals surface area (Å²) in [7, 11) is 1.98. The molecule has 0 saturated heterocycles. The van der Waals surface area contributed by atoms with Crippen LogP contribution in [0.4, 0.5) is 5.69 Å². The van der Waals surface area contributed by atoms with E-state index >= 15 is 0 Å². The smallest absolute Gasteiger partial charge is 0.255 e. The zero-order valence-electron chi connectivity index (χ0n) is 16.5. The number of fused-ring (bicyclic) bond motifs is 2.